The minimum Gasteiger partial charge on any atom is -0.392 e. The third-order valence-corrected chi connectivity index (χ3v) is 2.23. The van der Waals surface area contributed by atoms with E-state index in [1.165, 1.54) is 0 Å². The molecular weight excluding hydrogens is 168 g/mol. The lowest BCUT2D eigenvalue weighted by molar-refractivity contribution is 0.171. The molecule has 0 saturated heterocycles. The van der Waals surface area contributed by atoms with Gasteiger partial charge in [0.2, 0.25) is 0 Å². The van der Waals surface area contributed by atoms with Gasteiger partial charge in [0.1, 0.15) is 0 Å². The number of aliphatic hydroxyl groups is 1. The minimum atomic E-state index is -0.167. The Kier molecular flexibility index (Phi) is 2.08. The first kappa shape index (κ1) is 6.30. The molecule has 0 heterocycles. The standard InChI is InChI=1S/C6H9BrO/c7-5-3-1-2-4-6(5)8/h1,3,5-6,8H,2,4H2. The average molecular weight is 177 g/mol. The summed E-state index contributed by atoms with van der Waals surface area (Å²) in [7, 11) is 0. The Labute approximate surface area is 57.5 Å². The largest absolute Gasteiger partial charge is 0.392 e. The van der Waals surface area contributed by atoms with Crippen LogP contribution in [0.2, 0.25) is 0 Å². The molecular formula is C6H9BrO. The van der Waals surface area contributed by atoms with Crippen LogP contribution >= 0.6 is 15.9 Å². The van der Waals surface area contributed by atoms with E-state index in [2.05, 4.69) is 22.0 Å². The zero-order valence-electron chi connectivity index (χ0n) is 4.55. The van der Waals surface area contributed by atoms with E-state index < -0.39 is 0 Å². The Balaban J connectivity index is 2.47. The summed E-state index contributed by atoms with van der Waals surface area (Å²) in [5.74, 6) is 0. The smallest absolute Gasteiger partial charge is 0.0703 e. The second-order valence-corrected chi connectivity index (χ2v) is 3.07. The molecule has 0 spiro atoms. The van der Waals surface area contributed by atoms with E-state index in [4.69, 9.17) is 5.11 Å². The van der Waals surface area contributed by atoms with Gasteiger partial charge in [0, 0.05) is 0 Å². The lowest BCUT2D eigenvalue weighted by Gasteiger charge is -2.16. The van der Waals surface area contributed by atoms with Crippen molar-refractivity contribution in [1.29, 1.82) is 0 Å². The Morgan fingerprint density at radius 2 is 2.38 bits per heavy atom. The second kappa shape index (κ2) is 2.65. The van der Waals surface area contributed by atoms with Crippen LogP contribution in [0.15, 0.2) is 12.2 Å². The molecule has 0 bridgehead atoms. The van der Waals surface area contributed by atoms with Crippen LogP contribution in [-0.2, 0) is 0 Å². The SMILES string of the molecule is OC1CCC=CC1Br. The molecule has 1 rings (SSSR count). The molecule has 1 aliphatic carbocycles. The van der Waals surface area contributed by atoms with Crippen LogP contribution < -0.4 is 0 Å². The van der Waals surface area contributed by atoms with Gasteiger partial charge in [0.25, 0.3) is 0 Å². The van der Waals surface area contributed by atoms with Gasteiger partial charge in [0.15, 0.2) is 0 Å². The van der Waals surface area contributed by atoms with Gasteiger partial charge in [-0.1, -0.05) is 28.1 Å². The van der Waals surface area contributed by atoms with Gasteiger partial charge < -0.3 is 5.11 Å². The number of rotatable bonds is 0. The molecule has 0 aromatic heterocycles. The molecule has 0 radical (unpaired) electrons. The van der Waals surface area contributed by atoms with E-state index in [0.717, 1.165) is 12.8 Å². The minimum absolute atomic E-state index is 0.167. The van der Waals surface area contributed by atoms with Crippen LogP contribution in [0.4, 0.5) is 0 Å². The van der Waals surface area contributed by atoms with Crippen molar-refractivity contribution in [2.45, 2.75) is 23.8 Å². The summed E-state index contributed by atoms with van der Waals surface area (Å²) < 4.78 is 0. The van der Waals surface area contributed by atoms with Crippen molar-refractivity contribution >= 4 is 15.9 Å². The summed E-state index contributed by atoms with van der Waals surface area (Å²) in [6.07, 6.45) is 5.83. The van der Waals surface area contributed by atoms with Crippen molar-refractivity contribution < 1.29 is 5.11 Å². The molecule has 0 saturated carbocycles. The summed E-state index contributed by atoms with van der Waals surface area (Å²) in [5, 5.41) is 9.08. The van der Waals surface area contributed by atoms with Gasteiger partial charge in [-0.2, -0.15) is 0 Å². The van der Waals surface area contributed by atoms with Crippen molar-refractivity contribution in [2.24, 2.45) is 0 Å². The van der Waals surface area contributed by atoms with Gasteiger partial charge in [-0.15, -0.1) is 0 Å². The molecule has 0 aromatic carbocycles. The van der Waals surface area contributed by atoms with E-state index in [9.17, 15) is 0 Å². The summed E-state index contributed by atoms with van der Waals surface area (Å²) in [6, 6.07) is 0. The molecule has 2 unspecified atom stereocenters. The van der Waals surface area contributed by atoms with Gasteiger partial charge in [-0.3, -0.25) is 0 Å². The number of allylic oxidation sites excluding steroid dienone is 1. The van der Waals surface area contributed by atoms with E-state index >= 15 is 0 Å². The maximum atomic E-state index is 9.08. The maximum absolute atomic E-state index is 9.08. The zero-order valence-corrected chi connectivity index (χ0v) is 6.13. The Morgan fingerprint density at radius 1 is 1.62 bits per heavy atom. The molecule has 2 atom stereocenters. The lowest BCUT2D eigenvalue weighted by Crippen LogP contribution is -2.20. The molecule has 0 aromatic rings. The molecule has 0 fully saturated rings. The van der Waals surface area contributed by atoms with Crippen molar-refractivity contribution in [3.05, 3.63) is 12.2 Å². The van der Waals surface area contributed by atoms with Crippen molar-refractivity contribution in [3.8, 4) is 0 Å². The molecule has 2 heteroatoms. The van der Waals surface area contributed by atoms with Gasteiger partial charge in [0.05, 0.1) is 10.9 Å². The third-order valence-electron chi connectivity index (χ3n) is 1.32. The maximum Gasteiger partial charge on any atom is 0.0703 e. The van der Waals surface area contributed by atoms with E-state index in [-0.39, 0.29) is 10.9 Å². The molecule has 0 amide bonds. The Bertz CT molecular complexity index is 101. The van der Waals surface area contributed by atoms with Crippen LogP contribution in [0, 0.1) is 0 Å². The summed E-state index contributed by atoms with van der Waals surface area (Å²) in [4.78, 5) is 0.191. The summed E-state index contributed by atoms with van der Waals surface area (Å²) >= 11 is 3.32. The van der Waals surface area contributed by atoms with Gasteiger partial charge in [-0.05, 0) is 12.8 Å². The molecule has 8 heavy (non-hydrogen) atoms. The van der Waals surface area contributed by atoms with Crippen LogP contribution in [0.5, 0.6) is 0 Å². The fourth-order valence-electron chi connectivity index (χ4n) is 0.781. The first-order valence-corrected chi connectivity index (χ1v) is 3.71. The zero-order chi connectivity index (χ0) is 5.98. The quantitative estimate of drug-likeness (QED) is 0.438. The highest BCUT2D eigenvalue weighted by Gasteiger charge is 2.14. The Morgan fingerprint density at radius 3 is 2.75 bits per heavy atom. The second-order valence-electron chi connectivity index (χ2n) is 2.02. The first-order chi connectivity index (χ1) is 3.80. The Hall–Kier alpha value is 0.180. The molecule has 46 valence electrons. The van der Waals surface area contributed by atoms with Crippen molar-refractivity contribution in [1.82, 2.24) is 0 Å². The summed E-state index contributed by atoms with van der Waals surface area (Å²) in [5.41, 5.74) is 0. The van der Waals surface area contributed by atoms with Crippen molar-refractivity contribution in [2.75, 3.05) is 0 Å². The summed E-state index contributed by atoms with van der Waals surface area (Å²) in [6.45, 7) is 0. The fraction of sp³-hybridized carbons (Fsp3) is 0.667. The molecule has 0 aliphatic heterocycles. The first-order valence-electron chi connectivity index (χ1n) is 2.79. The van der Waals surface area contributed by atoms with Crippen LogP contribution in [0.1, 0.15) is 12.8 Å². The van der Waals surface area contributed by atoms with Crippen LogP contribution in [0.3, 0.4) is 0 Å². The number of hydrogen-bond acceptors (Lipinski definition) is 1. The fourth-order valence-corrected chi connectivity index (χ4v) is 1.26. The molecule has 1 N–H and O–H groups in total. The highest BCUT2D eigenvalue weighted by molar-refractivity contribution is 9.09. The van der Waals surface area contributed by atoms with Crippen LogP contribution in [-0.4, -0.2) is 16.0 Å². The number of halogens is 1. The monoisotopic (exact) mass is 176 g/mol. The molecule has 1 nitrogen and oxygen atoms in total. The topological polar surface area (TPSA) is 20.2 Å². The average Bonchev–Trinajstić information content (AvgIpc) is 1.77. The van der Waals surface area contributed by atoms with Crippen molar-refractivity contribution in [3.63, 3.8) is 0 Å². The van der Waals surface area contributed by atoms with Gasteiger partial charge >= 0.3 is 0 Å². The number of alkyl halides is 1. The predicted molar refractivity (Wildman–Crippen MR) is 37.1 cm³/mol. The number of aliphatic hydroxyl groups excluding tert-OH is 1. The normalized spacial score (nSPS) is 37.8. The van der Waals surface area contributed by atoms with E-state index in [1.807, 2.05) is 6.08 Å². The van der Waals surface area contributed by atoms with Gasteiger partial charge in [-0.25, -0.2) is 0 Å². The molecule has 1 aliphatic rings. The number of hydrogen-bond donors (Lipinski definition) is 1. The highest BCUT2D eigenvalue weighted by atomic mass is 79.9. The van der Waals surface area contributed by atoms with E-state index in [1.54, 1.807) is 0 Å². The predicted octanol–water partition coefficient (Wildman–Crippen LogP) is 1.46. The lowest BCUT2D eigenvalue weighted by atomic mass is 10.1. The van der Waals surface area contributed by atoms with Crippen LogP contribution in [0.25, 0.3) is 0 Å². The van der Waals surface area contributed by atoms with E-state index in [0.29, 0.717) is 0 Å². The highest BCUT2D eigenvalue weighted by Crippen LogP contribution is 2.17. The third kappa shape index (κ3) is 1.33.